The third-order valence-corrected chi connectivity index (χ3v) is 8.91. The van der Waals surface area contributed by atoms with Gasteiger partial charge in [-0.1, -0.05) is 49.6 Å². The predicted molar refractivity (Wildman–Crippen MR) is 169 cm³/mol. The van der Waals surface area contributed by atoms with Gasteiger partial charge in [-0.05, 0) is 56.5 Å². The van der Waals surface area contributed by atoms with Crippen molar-refractivity contribution >= 4 is 35.4 Å². The Kier molecular flexibility index (Phi) is 10.8. The van der Waals surface area contributed by atoms with Crippen LogP contribution in [0.4, 0.5) is 10.5 Å². The molecule has 1 atom stereocenters. The van der Waals surface area contributed by atoms with E-state index in [9.17, 15) is 24.0 Å². The van der Waals surface area contributed by atoms with Crippen molar-refractivity contribution in [3.05, 3.63) is 65.2 Å². The number of imide groups is 2. The standard InChI is InChI=1S/C34H43N5O6/c1-2-37(34(44)45-24-25-11-7-6-8-12-25)18-10-5-3-4-9-17-36-19-21-38(22-20-36)26-13-14-27-28(23-26)33(43)39(32(27)42)29-15-16-30(40)35-31(29)41/h6-8,11-14,23,29H,2-5,9-10,15-22,24H2,1H3,(H,35,40,41). The summed E-state index contributed by atoms with van der Waals surface area (Å²) in [7, 11) is 0. The fourth-order valence-electron chi connectivity index (χ4n) is 6.24. The molecule has 45 heavy (non-hydrogen) atoms. The zero-order chi connectivity index (χ0) is 31.8. The highest BCUT2D eigenvalue weighted by Crippen LogP contribution is 2.31. The van der Waals surface area contributed by atoms with Gasteiger partial charge in [-0.15, -0.1) is 0 Å². The summed E-state index contributed by atoms with van der Waals surface area (Å²) in [5, 5.41) is 2.23. The largest absolute Gasteiger partial charge is 0.445 e. The lowest BCUT2D eigenvalue weighted by molar-refractivity contribution is -0.136. The van der Waals surface area contributed by atoms with Crippen LogP contribution < -0.4 is 10.2 Å². The number of rotatable bonds is 13. The van der Waals surface area contributed by atoms with E-state index in [2.05, 4.69) is 15.1 Å². The number of nitrogens with zero attached hydrogens (tertiary/aromatic N) is 4. The second-order valence-corrected chi connectivity index (χ2v) is 11.9. The highest BCUT2D eigenvalue weighted by molar-refractivity contribution is 6.23. The maximum Gasteiger partial charge on any atom is 0.410 e. The van der Waals surface area contributed by atoms with E-state index in [1.165, 1.54) is 0 Å². The summed E-state index contributed by atoms with van der Waals surface area (Å²) in [6.07, 6.45) is 5.45. The van der Waals surface area contributed by atoms with E-state index < -0.39 is 23.8 Å². The summed E-state index contributed by atoms with van der Waals surface area (Å²) in [6.45, 7) is 8.15. The van der Waals surface area contributed by atoms with E-state index in [1.807, 2.05) is 43.3 Å². The quantitative estimate of drug-likeness (QED) is 0.266. The lowest BCUT2D eigenvalue weighted by Crippen LogP contribution is -2.54. The first-order chi connectivity index (χ1) is 21.9. The molecule has 2 saturated heterocycles. The van der Waals surface area contributed by atoms with Gasteiger partial charge in [0.1, 0.15) is 12.6 Å². The molecule has 0 bridgehead atoms. The van der Waals surface area contributed by atoms with Crippen molar-refractivity contribution in [2.24, 2.45) is 0 Å². The second kappa shape index (κ2) is 15.2. The Labute approximate surface area is 264 Å². The molecule has 240 valence electrons. The van der Waals surface area contributed by atoms with E-state index in [0.29, 0.717) is 30.8 Å². The first-order valence-electron chi connectivity index (χ1n) is 16.1. The molecule has 2 fully saturated rings. The SMILES string of the molecule is CCN(CCCCCCCN1CCN(c2ccc3c(c2)C(=O)N(C2CCC(=O)NC2=O)C3=O)CC1)C(=O)OCc1ccccc1. The molecule has 0 spiro atoms. The van der Waals surface area contributed by atoms with Crippen molar-refractivity contribution < 1.29 is 28.7 Å². The summed E-state index contributed by atoms with van der Waals surface area (Å²) in [5.41, 5.74) is 2.50. The molecule has 0 saturated carbocycles. The Morgan fingerprint density at radius 1 is 0.889 bits per heavy atom. The van der Waals surface area contributed by atoms with Gasteiger partial charge in [-0.2, -0.15) is 0 Å². The first kappa shape index (κ1) is 32.2. The van der Waals surface area contributed by atoms with Crippen molar-refractivity contribution in [3.8, 4) is 0 Å². The number of amides is 5. The molecule has 2 aromatic rings. The highest BCUT2D eigenvalue weighted by Gasteiger charge is 2.44. The molecule has 3 heterocycles. The molecular weight excluding hydrogens is 574 g/mol. The monoisotopic (exact) mass is 617 g/mol. The van der Waals surface area contributed by atoms with E-state index in [-0.39, 0.29) is 24.8 Å². The van der Waals surface area contributed by atoms with Gasteiger partial charge in [-0.25, -0.2) is 4.79 Å². The molecule has 11 nitrogen and oxygen atoms in total. The number of hydrogen-bond acceptors (Lipinski definition) is 8. The highest BCUT2D eigenvalue weighted by atomic mass is 16.6. The number of hydrogen-bond donors (Lipinski definition) is 1. The molecule has 1 N–H and O–H groups in total. The molecule has 5 amide bonds. The average Bonchev–Trinajstić information content (AvgIpc) is 3.30. The molecule has 0 aliphatic carbocycles. The molecule has 0 radical (unpaired) electrons. The Morgan fingerprint density at radius 3 is 2.33 bits per heavy atom. The summed E-state index contributed by atoms with van der Waals surface area (Å²) >= 11 is 0. The minimum absolute atomic E-state index is 0.102. The number of carbonyl (C=O) groups is 5. The van der Waals surface area contributed by atoms with E-state index in [4.69, 9.17) is 4.74 Å². The third-order valence-electron chi connectivity index (χ3n) is 8.91. The molecule has 5 rings (SSSR count). The van der Waals surface area contributed by atoms with Crippen LogP contribution in [-0.4, -0.2) is 96.3 Å². The molecule has 0 aromatic heterocycles. The third kappa shape index (κ3) is 7.89. The Morgan fingerprint density at radius 2 is 1.60 bits per heavy atom. The van der Waals surface area contributed by atoms with Crippen LogP contribution in [-0.2, 0) is 20.9 Å². The molecular formula is C34H43N5O6. The van der Waals surface area contributed by atoms with Crippen LogP contribution in [0.1, 0.15) is 78.1 Å². The minimum atomic E-state index is -0.956. The number of fused-ring (bicyclic) bond motifs is 1. The van der Waals surface area contributed by atoms with Gasteiger partial charge in [0.25, 0.3) is 11.8 Å². The first-order valence-corrected chi connectivity index (χ1v) is 16.1. The van der Waals surface area contributed by atoms with Gasteiger partial charge in [0.2, 0.25) is 11.8 Å². The number of carbonyl (C=O) groups excluding carboxylic acids is 5. The molecule has 3 aliphatic rings. The number of benzene rings is 2. The van der Waals surface area contributed by atoms with E-state index >= 15 is 0 Å². The molecule has 2 aromatic carbocycles. The van der Waals surface area contributed by atoms with Crippen LogP contribution in [0.25, 0.3) is 0 Å². The summed E-state index contributed by atoms with van der Waals surface area (Å²) < 4.78 is 5.47. The maximum atomic E-state index is 13.2. The van der Waals surface area contributed by atoms with Crippen LogP contribution in [0.5, 0.6) is 0 Å². The summed E-state index contributed by atoms with van der Waals surface area (Å²) in [4.78, 5) is 69.9. The molecule has 11 heteroatoms. The average molecular weight is 618 g/mol. The van der Waals surface area contributed by atoms with E-state index in [0.717, 1.165) is 81.0 Å². The summed E-state index contributed by atoms with van der Waals surface area (Å²) in [5.74, 6) is -1.94. The van der Waals surface area contributed by atoms with Crippen LogP contribution in [0.2, 0.25) is 0 Å². The van der Waals surface area contributed by atoms with Gasteiger partial charge >= 0.3 is 6.09 Å². The van der Waals surface area contributed by atoms with Crippen LogP contribution in [0.15, 0.2) is 48.5 Å². The van der Waals surface area contributed by atoms with Gasteiger partial charge < -0.3 is 14.5 Å². The Balaban J connectivity index is 0.980. The van der Waals surface area contributed by atoms with Crippen molar-refractivity contribution in [3.63, 3.8) is 0 Å². The van der Waals surface area contributed by atoms with Gasteiger partial charge in [0, 0.05) is 51.4 Å². The van der Waals surface area contributed by atoms with Crippen LogP contribution >= 0.6 is 0 Å². The zero-order valence-electron chi connectivity index (χ0n) is 26.0. The topological polar surface area (TPSA) is 120 Å². The normalized spacial score (nSPS) is 18.6. The number of unbranched alkanes of at least 4 members (excludes halogenated alkanes) is 4. The lowest BCUT2D eigenvalue weighted by atomic mass is 10.0. The van der Waals surface area contributed by atoms with Gasteiger partial charge in [0.05, 0.1) is 11.1 Å². The van der Waals surface area contributed by atoms with E-state index in [1.54, 1.807) is 17.0 Å². The number of piperazine rings is 1. The smallest absolute Gasteiger partial charge is 0.410 e. The van der Waals surface area contributed by atoms with Crippen molar-refractivity contribution in [2.45, 2.75) is 64.5 Å². The Hall–Kier alpha value is -4.25. The second-order valence-electron chi connectivity index (χ2n) is 11.9. The van der Waals surface area contributed by atoms with Crippen molar-refractivity contribution in [2.75, 3.05) is 50.7 Å². The lowest BCUT2D eigenvalue weighted by Gasteiger charge is -2.36. The fraction of sp³-hybridized carbons (Fsp3) is 0.500. The van der Waals surface area contributed by atoms with Gasteiger partial charge in [0.15, 0.2) is 0 Å². The predicted octanol–water partition coefficient (Wildman–Crippen LogP) is 3.82. The van der Waals surface area contributed by atoms with Crippen LogP contribution in [0.3, 0.4) is 0 Å². The fourth-order valence-corrected chi connectivity index (χ4v) is 6.24. The van der Waals surface area contributed by atoms with Gasteiger partial charge in [-0.3, -0.25) is 34.3 Å². The van der Waals surface area contributed by atoms with Crippen LogP contribution in [0, 0.1) is 0 Å². The number of anilines is 1. The maximum absolute atomic E-state index is 13.2. The number of nitrogens with one attached hydrogen (secondary N) is 1. The molecule has 3 aliphatic heterocycles. The van der Waals surface area contributed by atoms with Crippen molar-refractivity contribution in [1.29, 1.82) is 0 Å². The Bertz CT molecular complexity index is 1390. The summed E-state index contributed by atoms with van der Waals surface area (Å²) in [6, 6.07) is 14.1. The van der Waals surface area contributed by atoms with Crippen molar-refractivity contribution in [1.82, 2.24) is 20.0 Å². The minimum Gasteiger partial charge on any atom is -0.445 e. The number of ether oxygens (including phenoxy) is 1. The zero-order valence-corrected chi connectivity index (χ0v) is 26.0. The molecule has 1 unspecified atom stereocenters. The number of piperidine rings is 1.